The molecule has 20 heavy (non-hydrogen) atoms. The molecule has 6 heteroatoms. The minimum Gasteiger partial charge on any atom is -0.476 e. The van der Waals surface area contributed by atoms with E-state index in [1.54, 1.807) is 26.8 Å². The molecule has 2 aromatic heterocycles. The zero-order valence-electron chi connectivity index (χ0n) is 11.4. The number of aryl methyl sites for hydroxylation is 2. The van der Waals surface area contributed by atoms with Gasteiger partial charge in [0.05, 0.1) is 11.3 Å². The fourth-order valence-electron chi connectivity index (χ4n) is 1.99. The number of carbonyl (C=O) groups excluding carboxylic acids is 1. The van der Waals surface area contributed by atoms with Gasteiger partial charge in [-0.25, -0.2) is 9.78 Å². The van der Waals surface area contributed by atoms with Gasteiger partial charge in [0.15, 0.2) is 5.69 Å². The molecular formula is C14H14N2O4. The third kappa shape index (κ3) is 2.40. The van der Waals surface area contributed by atoms with E-state index >= 15 is 0 Å². The van der Waals surface area contributed by atoms with Gasteiger partial charge in [0.1, 0.15) is 11.5 Å². The summed E-state index contributed by atoms with van der Waals surface area (Å²) in [6.07, 6.45) is 1.36. The van der Waals surface area contributed by atoms with Crippen LogP contribution in [-0.2, 0) is 0 Å². The number of hydrogen-bond donors (Lipinski definition) is 2. The molecule has 1 amide bonds. The SMILES string of the molecule is Cc1oc(C)c(C(=O)Nc2cccnc2C(=O)O)c1C. The van der Waals surface area contributed by atoms with Gasteiger partial charge in [0.25, 0.3) is 5.91 Å². The predicted octanol–water partition coefficient (Wildman–Crippen LogP) is 2.55. The van der Waals surface area contributed by atoms with Crippen LogP contribution < -0.4 is 5.32 Å². The third-order valence-electron chi connectivity index (χ3n) is 3.05. The summed E-state index contributed by atoms with van der Waals surface area (Å²) in [5, 5.41) is 11.6. The van der Waals surface area contributed by atoms with Crippen LogP contribution in [0.5, 0.6) is 0 Å². The van der Waals surface area contributed by atoms with Gasteiger partial charge in [-0.05, 0) is 32.9 Å². The third-order valence-corrected chi connectivity index (χ3v) is 3.05. The molecule has 2 heterocycles. The summed E-state index contributed by atoms with van der Waals surface area (Å²) >= 11 is 0. The van der Waals surface area contributed by atoms with Crippen molar-refractivity contribution in [1.82, 2.24) is 4.98 Å². The van der Waals surface area contributed by atoms with Gasteiger partial charge in [0.2, 0.25) is 0 Å². The van der Waals surface area contributed by atoms with Crippen molar-refractivity contribution in [2.24, 2.45) is 0 Å². The van der Waals surface area contributed by atoms with Gasteiger partial charge in [0, 0.05) is 11.8 Å². The Labute approximate surface area is 115 Å². The molecule has 0 aromatic carbocycles. The average molecular weight is 274 g/mol. The van der Waals surface area contributed by atoms with Gasteiger partial charge in [-0.2, -0.15) is 0 Å². The van der Waals surface area contributed by atoms with Gasteiger partial charge in [-0.3, -0.25) is 4.79 Å². The number of rotatable bonds is 3. The van der Waals surface area contributed by atoms with Crippen molar-refractivity contribution in [1.29, 1.82) is 0 Å². The molecular weight excluding hydrogens is 260 g/mol. The summed E-state index contributed by atoms with van der Waals surface area (Å²) in [5.74, 6) is -0.444. The Morgan fingerprint density at radius 2 is 1.95 bits per heavy atom. The first-order valence-corrected chi connectivity index (χ1v) is 5.98. The molecule has 2 aromatic rings. The van der Waals surface area contributed by atoms with E-state index in [4.69, 9.17) is 9.52 Å². The second kappa shape index (κ2) is 5.16. The molecule has 0 atom stereocenters. The Morgan fingerprint density at radius 3 is 2.50 bits per heavy atom. The van der Waals surface area contributed by atoms with Crippen molar-refractivity contribution in [2.45, 2.75) is 20.8 Å². The highest BCUT2D eigenvalue weighted by Gasteiger charge is 2.20. The van der Waals surface area contributed by atoms with E-state index in [0.29, 0.717) is 17.1 Å². The summed E-state index contributed by atoms with van der Waals surface area (Å²) in [4.78, 5) is 27.0. The number of pyridine rings is 1. The molecule has 6 nitrogen and oxygen atoms in total. The molecule has 0 saturated heterocycles. The van der Waals surface area contributed by atoms with E-state index in [1.165, 1.54) is 12.3 Å². The normalized spacial score (nSPS) is 10.3. The maximum absolute atomic E-state index is 12.3. The van der Waals surface area contributed by atoms with Crippen LogP contribution in [0.25, 0.3) is 0 Å². The minimum absolute atomic E-state index is 0.155. The Kier molecular flexibility index (Phi) is 3.56. The molecule has 2 rings (SSSR count). The molecule has 0 unspecified atom stereocenters. The van der Waals surface area contributed by atoms with Crippen LogP contribution in [0, 0.1) is 20.8 Å². The van der Waals surface area contributed by atoms with Crippen LogP contribution in [0.3, 0.4) is 0 Å². The van der Waals surface area contributed by atoms with Gasteiger partial charge in [-0.15, -0.1) is 0 Å². The van der Waals surface area contributed by atoms with Crippen LogP contribution in [0.2, 0.25) is 0 Å². The number of aromatic carboxylic acids is 1. The van der Waals surface area contributed by atoms with Crippen LogP contribution >= 0.6 is 0 Å². The molecule has 0 aliphatic heterocycles. The Balaban J connectivity index is 2.36. The number of anilines is 1. The maximum atomic E-state index is 12.3. The first-order chi connectivity index (χ1) is 9.41. The van der Waals surface area contributed by atoms with Crippen molar-refractivity contribution < 1.29 is 19.1 Å². The quantitative estimate of drug-likeness (QED) is 0.897. The molecule has 0 radical (unpaired) electrons. The molecule has 2 N–H and O–H groups in total. The molecule has 0 aliphatic carbocycles. The number of nitrogens with zero attached hydrogens (tertiary/aromatic N) is 1. The Bertz CT molecular complexity index is 688. The van der Waals surface area contributed by atoms with E-state index in [1.807, 2.05) is 0 Å². The fraction of sp³-hybridized carbons (Fsp3) is 0.214. The first kappa shape index (κ1) is 13.8. The van der Waals surface area contributed by atoms with Gasteiger partial charge in [-0.1, -0.05) is 0 Å². The standard InChI is InChI=1S/C14H14N2O4/c1-7-8(2)20-9(3)11(7)13(17)16-10-5-4-6-15-12(10)14(18)19/h4-6H,1-3H3,(H,16,17)(H,18,19). The summed E-state index contributed by atoms with van der Waals surface area (Å²) in [6, 6.07) is 3.05. The van der Waals surface area contributed by atoms with Crippen molar-refractivity contribution in [3.63, 3.8) is 0 Å². The lowest BCUT2D eigenvalue weighted by Gasteiger charge is -2.07. The topological polar surface area (TPSA) is 92.4 Å². The number of carboxylic acids is 1. The second-order valence-corrected chi connectivity index (χ2v) is 4.37. The zero-order valence-corrected chi connectivity index (χ0v) is 11.4. The number of carboxylic acid groups (broad SMARTS) is 1. The fourth-order valence-corrected chi connectivity index (χ4v) is 1.99. The number of amides is 1. The van der Waals surface area contributed by atoms with Crippen LogP contribution in [0.4, 0.5) is 5.69 Å². The van der Waals surface area contributed by atoms with Crippen LogP contribution in [-0.4, -0.2) is 22.0 Å². The summed E-state index contributed by atoms with van der Waals surface area (Å²) < 4.78 is 5.39. The summed E-state index contributed by atoms with van der Waals surface area (Å²) in [7, 11) is 0. The van der Waals surface area contributed by atoms with Gasteiger partial charge < -0.3 is 14.8 Å². The maximum Gasteiger partial charge on any atom is 0.356 e. The summed E-state index contributed by atoms with van der Waals surface area (Å²) in [6.45, 7) is 5.24. The number of furan rings is 1. The van der Waals surface area contributed by atoms with Gasteiger partial charge >= 0.3 is 5.97 Å². The lowest BCUT2D eigenvalue weighted by atomic mass is 10.1. The zero-order chi connectivity index (χ0) is 14.9. The molecule has 0 spiro atoms. The number of hydrogen-bond acceptors (Lipinski definition) is 4. The molecule has 0 bridgehead atoms. The highest BCUT2D eigenvalue weighted by Crippen LogP contribution is 2.22. The number of nitrogens with one attached hydrogen (secondary N) is 1. The number of aromatic nitrogens is 1. The van der Waals surface area contributed by atoms with Crippen LogP contribution in [0.1, 0.15) is 37.9 Å². The highest BCUT2D eigenvalue weighted by molar-refractivity contribution is 6.08. The van der Waals surface area contributed by atoms with Crippen LogP contribution in [0.15, 0.2) is 22.7 Å². The minimum atomic E-state index is -1.20. The molecule has 0 fully saturated rings. The van der Waals surface area contributed by atoms with E-state index in [-0.39, 0.29) is 11.4 Å². The largest absolute Gasteiger partial charge is 0.476 e. The highest BCUT2D eigenvalue weighted by atomic mass is 16.4. The predicted molar refractivity (Wildman–Crippen MR) is 72.1 cm³/mol. The molecule has 0 aliphatic rings. The molecule has 104 valence electrons. The average Bonchev–Trinajstić information content (AvgIpc) is 2.63. The lowest BCUT2D eigenvalue weighted by Crippen LogP contribution is -2.16. The summed E-state index contributed by atoms with van der Waals surface area (Å²) in [5.41, 5.74) is 1.11. The van der Waals surface area contributed by atoms with E-state index < -0.39 is 11.9 Å². The van der Waals surface area contributed by atoms with E-state index in [2.05, 4.69) is 10.3 Å². The second-order valence-electron chi connectivity index (χ2n) is 4.37. The van der Waals surface area contributed by atoms with E-state index in [0.717, 1.165) is 5.56 Å². The lowest BCUT2D eigenvalue weighted by molar-refractivity contribution is 0.0691. The molecule has 0 saturated carbocycles. The smallest absolute Gasteiger partial charge is 0.356 e. The van der Waals surface area contributed by atoms with Crippen molar-refractivity contribution >= 4 is 17.6 Å². The Hall–Kier alpha value is -2.63. The van der Waals surface area contributed by atoms with E-state index in [9.17, 15) is 9.59 Å². The van der Waals surface area contributed by atoms with Crippen molar-refractivity contribution in [2.75, 3.05) is 5.32 Å². The Morgan fingerprint density at radius 1 is 1.25 bits per heavy atom. The first-order valence-electron chi connectivity index (χ1n) is 5.98. The van der Waals surface area contributed by atoms with Crippen molar-refractivity contribution in [3.05, 3.63) is 46.7 Å². The number of carbonyl (C=O) groups is 2. The monoisotopic (exact) mass is 274 g/mol. The van der Waals surface area contributed by atoms with Crippen molar-refractivity contribution in [3.8, 4) is 0 Å².